The summed E-state index contributed by atoms with van der Waals surface area (Å²) in [6.07, 6.45) is 2.68. The van der Waals surface area contributed by atoms with E-state index in [-0.39, 0.29) is 5.69 Å². The van der Waals surface area contributed by atoms with Gasteiger partial charge in [0, 0.05) is 48.9 Å². The topological polar surface area (TPSA) is 73.1 Å². The van der Waals surface area contributed by atoms with E-state index in [1.807, 2.05) is 66.9 Å². The van der Waals surface area contributed by atoms with E-state index >= 15 is 0 Å². The molecule has 0 saturated carbocycles. The van der Waals surface area contributed by atoms with Crippen molar-refractivity contribution in [3.63, 3.8) is 0 Å². The normalized spacial score (nSPS) is 13.5. The molecule has 0 N–H and O–H groups in total. The number of esters is 1. The highest BCUT2D eigenvalue weighted by Gasteiger charge is 2.27. The number of fused-ring (bicyclic) bond motifs is 1. The van der Waals surface area contributed by atoms with Gasteiger partial charge in [-0.25, -0.2) is 19.4 Å². The van der Waals surface area contributed by atoms with Crippen LogP contribution in [0.25, 0.3) is 17.1 Å². The molecule has 5 rings (SSSR count). The quantitative estimate of drug-likeness (QED) is 0.414. The third-order valence-corrected chi connectivity index (χ3v) is 6.12. The van der Waals surface area contributed by atoms with E-state index in [1.165, 1.54) is 7.11 Å². The Morgan fingerprint density at radius 1 is 1.09 bits per heavy atom. The second-order valence-electron chi connectivity index (χ2n) is 7.85. The lowest BCUT2D eigenvalue weighted by atomic mass is 10.1. The zero-order chi connectivity index (χ0) is 22.8. The summed E-state index contributed by atoms with van der Waals surface area (Å²) < 4.78 is 6.55. The van der Waals surface area contributed by atoms with Crippen molar-refractivity contribution >= 4 is 17.6 Å². The maximum Gasteiger partial charge on any atom is 0.358 e. The van der Waals surface area contributed by atoms with Crippen LogP contribution in [0.5, 0.6) is 0 Å². The van der Waals surface area contributed by atoms with Gasteiger partial charge in [0.1, 0.15) is 5.15 Å². The molecule has 166 valence electrons. The van der Waals surface area contributed by atoms with E-state index in [4.69, 9.17) is 21.3 Å². The zero-order valence-electron chi connectivity index (χ0n) is 18.1. The predicted molar refractivity (Wildman–Crippen MR) is 125 cm³/mol. The zero-order valence-corrected chi connectivity index (χ0v) is 18.9. The van der Waals surface area contributed by atoms with Gasteiger partial charge in [-0.05, 0) is 12.1 Å². The smallest absolute Gasteiger partial charge is 0.358 e. The molecule has 0 radical (unpaired) electrons. The third-order valence-electron chi connectivity index (χ3n) is 5.73. The number of aromatic nitrogens is 4. The number of hydrogen-bond acceptors (Lipinski definition) is 6. The number of benzene rings is 2. The molecule has 0 spiro atoms. The predicted octanol–water partition coefficient (Wildman–Crippen LogP) is 4.33. The molecule has 4 aromatic rings. The molecule has 7 nitrogen and oxygen atoms in total. The van der Waals surface area contributed by atoms with Gasteiger partial charge < -0.3 is 4.74 Å². The molecule has 0 atom stereocenters. The van der Waals surface area contributed by atoms with E-state index in [0.29, 0.717) is 23.8 Å². The number of hydrogen-bond donors (Lipinski definition) is 0. The molecule has 0 saturated heterocycles. The Morgan fingerprint density at radius 3 is 2.55 bits per heavy atom. The molecule has 0 bridgehead atoms. The molecular weight excluding hydrogens is 438 g/mol. The molecule has 0 unspecified atom stereocenters. The highest BCUT2D eigenvalue weighted by Crippen LogP contribution is 2.28. The Balaban J connectivity index is 1.41. The van der Waals surface area contributed by atoms with Crippen LogP contribution in [-0.4, -0.2) is 44.3 Å². The molecule has 2 aromatic heterocycles. The van der Waals surface area contributed by atoms with E-state index in [0.717, 1.165) is 41.3 Å². The van der Waals surface area contributed by atoms with Crippen LogP contribution in [0.1, 0.15) is 27.3 Å². The number of carbonyl (C=O) groups is 1. The SMILES string of the molecule is COC(=O)c1nn(-c2ccccc2)c(Cl)c1CN1CCc2nc(-c3ccccc3)ncc2C1. The van der Waals surface area contributed by atoms with Crippen molar-refractivity contribution < 1.29 is 9.53 Å². The largest absolute Gasteiger partial charge is 0.464 e. The van der Waals surface area contributed by atoms with Crippen molar-refractivity contribution in [2.45, 2.75) is 19.5 Å². The van der Waals surface area contributed by atoms with Crippen LogP contribution in [0.2, 0.25) is 5.15 Å². The number of ether oxygens (including phenoxy) is 1. The average Bonchev–Trinajstić information content (AvgIpc) is 3.20. The second kappa shape index (κ2) is 9.13. The third kappa shape index (κ3) is 4.25. The highest BCUT2D eigenvalue weighted by atomic mass is 35.5. The van der Waals surface area contributed by atoms with Crippen LogP contribution in [0.4, 0.5) is 0 Å². The van der Waals surface area contributed by atoms with Gasteiger partial charge in [0.25, 0.3) is 0 Å². The van der Waals surface area contributed by atoms with Gasteiger partial charge in [-0.3, -0.25) is 4.90 Å². The number of nitrogens with zero attached hydrogens (tertiary/aromatic N) is 5. The first kappa shape index (κ1) is 21.3. The van der Waals surface area contributed by atoms with Gasteiger partial charge in [0.15, 0.2) is 11.5 Å². The Labute approximate surface area is 196 Å². The molecule has 0 amide bonds. The van der Waals surface area contributed by atoms with Crippen LogP contribution in [0.3, 0.4) is 0 Å². The lowest BCUT2D eigenvalue weighted by Gasteiger charge is -2.28. The van der Waals surface area contributed by atoms with E-state index in [1.54, 1.807) is 4.68 Å². The minimum absolute atomic E-state index is 0.229. The van der Waals surface area contributed by atoms with Crippen molar-refractivity contribution in [2.24, 2.45) is 0 Å². The van der Waals surface area contributed by atoms with Crippen molar-refractivity contribution in [2.75, 3.05) is 13.7 Å². The monoisotopic (exact) mass is 459 g/mol. The van der Waals surface area contributed by atoms with Crippen LogP contribution < -0.4 is 0 Å². The van der Waals surface area contributed by atoms with Gasteiger partial charge in [0.05, 0.1) is 18.5 Å². The van der Waals surface area contributed by atoms with Crippen molar-refractivity contribution in [3.8, 4) is 17.1 Å². The first-order valence-corrected chi connectivity index (χ1v) is 11.1. The summed E-state index contributed by atoms with van der Waals surface area (Å²) in [6.45, 7) is 1.92. The highest BCUT2D eigenvalue weighted by molar-refractivity contribution is 6.31. The van der Waals surface area contributed by atoms with Crippen LogP contribution >= 0.6 is 11.6 Å². The number of halogens is 1. The first-order chi connectivity index (χ1) is 16.1. The van der Waals surface area contributed by atoms with Crippen LogP contribution in [-0.2, 0) is 24.2 Å². The molecule has 3 heterocycles. The van der Waals surface area contributed by atoms with Gasteiger partial charge in [-0.15, -0.1) is 0 Å². The average molecular weight is 460 g/mol. The molecule has 1 aliphatic heterocycles. The van der Waals surface area contributed by atoms with E-state index in [2.05, 4.69) is 15.0 Å². The fourth-order valence-electron chi connectivity index (χ4n) is 4.03. The fourth-order valence-corrected chi connectivity index (χ4v) is 4.32. The summed E-state index contributed by atoms with van der Waals surface area (Å²) in [5.74, 6) is 0.234. The summed E-state index contributed by atoms with van der Waals surface area (Å²) in [4.78, 5) is 24.0. The number of rotatable bonds is 5. The summed E-state index contributed by atoms with van der Waals surface area (Å²) in [7, 11) is 1.35. The maximum absolute atomic E-state index is 12.4. The Morgan fingerprint density at radius 2 is 1.82 bits per heavy atom. The second-order valence-corrected chi connectivity index (χ2v) is 8.21. The number of methoxy groups -OCH3 is 1. The minimum Gasteiger partial charge on any atom is -0.464 e. The Hall–Kier alpha value is -3.55. The fraction of sp³-hybridized carbons (Fsp3) is 0.200. The molecule has 33 heavy (non-hydrogen) atoms. The Bertz CT molecular complexity index is 1290. The molecule has 1 aliphatic rings. The minimum atomic E-state index is -0.505. The van der Waals surface area contributed by atoms with Crippen molar-refractivity contribution in [3.05, 3.63) is 94.5 Å². The van der Waals surface area contributed by atoms with Crippen LogP contribution in [0, 0.1) is 0 Å². The molecule has 8 heteroatoms. The lowest BCUT2D eigenvalue weighted by molar-refractivity contribution is 0.0591. The molecule has 0 aliphatic carbocycles. The van der Waals surface area contributed by atoms with Crippen molar-refractivity contribution in [1.82, 2.24) is 24.6 Å². The van der Waals surface area contributed by atoms with E-state index < -0.39 is 5.97 Å². The van der Waals surface area contributed by atoms with Gasteiger partial charge in [-0.2, -0.15) is 5.10 Å². The lowest BCUT2D eigenvalue weighted by Crippen LogP contribution is -2.31. The maximum atomic E-state index is 12.4. The number of carbonyl (C=O) groups excluding carboxylic acids is 1. The van der Waals surface area contributed by atoms with E-state index in [9.17, 15) is 4.79 Å². The Kier molecular flexibility index (Phi) is 5.90. The summed E-state index contributed by atoms with van der Waals surface area (Å²) >= 11 is 6.71. The first-order valence-electron chi connectivity index (χ1n) is 10.7. The van der Waals surface area contributed by atoms with Gasteiger partial charge >= 0.3 is 5.97 Å². The summed E-state index contributed by atoms with van der Waals surface area (Å²) in [6, 6.07) is 19.5. The summed E-state index contributed by atoms with van der Waals surface area (Å²) in [5.41, 5.74) is 4.80. The van der Waals surface area contributed by atoms with Crippen LogP contribution in [0.15, 0.2) is 66.9 Å². The molecule has 0 fully saturated rings. The number of para-hydroxylation sites is 1. The molecular formula is C25H22ClN5O2. The molecule has 2 aromatic carbocycles. The van der Waals surface area contributed by atoms with Gasteiger partial charge in [-0.1, -0.05) is 60.1 Å². The van der Waals surface area contributed by atoms with Gasteiger partial charge in [0.2, 0.25) is 0 Å². The standard InChI is InChI=1S/C25H22ClN5O2/c1-33-25(32)22-20(23(26)31(29-22)19-10-6-3-7-11-19)16-30-13-12-21-18(15-30)14-27-24(28-21)17-8-4-2-5-9-17/h2-11,14H,12-13,15-16H2,1H3. The van der Waals surface area contributed by atoms with Crippen molar-refractivity contribution in [1.29, 1.82) is 0 Å². The summed E-state index contributed by atoms with van der Waals surface area (Å²) in [5, 5.41) is 4.87.